The van der Waals surface area contributed by atoms with Crippen molar-refractivity contribution < 1.29 is 48.0 Å². The number of aliphatic hydroxyl groups is 2. The average molecular weight is 848 g/mol. The van der Waals surface area contributed by atoms with E-state index in [0.29, 0.717) is 41.6 Å². The number of aliphatic hydroxyl groups excluding tert-OH is 1. The molecule has 0 radical (unpaired) electrons. The molecule has 0 bridgehead atoms. The molecule has 2 aromatic carbocycles. The van der Waals surface area contributed by atoms with Gasteiger partial charge in [-0.25, -0.2) is 14.0 Å². The first-order valence-electron chi connectivity index (χ1n) is 20.8. The van der Waals surface area contributed by atoms with Crippen LogP contribution in [0.2, 0.25) is 0 Å². The fraction of sp³-hybridized carbons (Fsp3) is 0.426. The van der Waals surface area contributed by atoms with Gasteiger partial charge in [-0.2, -0.15) is 5.10 Å². The maximum absolute atomic E-state index is 17.5. The largest absolute Gasteiger partial charge is 0.456 e. The minimum absolute atomic E-state index is 0.0593. The molecular formula is C47H50FN5O9. The summed E-state index contributed by atoms with van der Waals surface area (Å²) >= 11 is 0. The van der Waals surface area contributed by atoms with Gasteiger partial charge in [-0.1, -0.05) is 55.8 Å². The molecule has 4 aliphatic rings. The molecule has 0 spiro atoms. The van der Waals surface area contributed by atoms with Crippen molar-refractivity contribution in [1.82, 2.24) is 14.8 Å². The predicted octanol–water partition coefficient (Wildman–Crippen LogP) is 5.08. The number of carbonyl (C=O) groups is 5. The van der Waals surface area contributed by atoms with Gasteiger partial charge in [0, 0.05) is 59.9 Å². The summed E-state index contributed by atoms with van der Waals surface area (Å²) in [6.45, 7) is 4.22. The number of allylic oxidation sites excluding steroid dienone is 4. The van der Waals surface area contributed by atoms with Gasteiger partial charge in [0.05, 0.1) is 12.0 Å². The van der Waals surface area contributed by atoms with Gasteiger partial charge >= 0.3 is 11.9 Å². The third-order valence-electron chi connectivity index (χ3n) is 14.5. The van der Waals surface area contributed by atoms with Crippen LogP contribution in [0.25, 0.3) is 10.8 Å². The molecule has 2 aromatic heterocycles. The second-order valence-electron chi connectivity index (χ2n) is 17.7. The lowest BCUT2D eigenvalue weighted by Crippen LogP contribution is -2.69. The van der Waals surface area contributed by atoms with Crippen molar-refractivity contribution in [3.8, 4) is 0 Å². The van der Waals surface area contributed by atoms with Crippen LogP contribution in [0.1, 0.15) is 84.5 Å². The summed E-state index contributed by atoms with van der Waals surface area (Å²) in [5, 5.41) is 32.8. The van der Waals surface area contributed by atoms with Gasteiger partial charge in [-0.05, 0) is 91.3 Å². The lowest BCUT2D eigenvalue weighted by molar-refractivity contribution is -0.219. The molecule has 14 nitrogen and oxygen atoms in total. The first-order valence-corrected chi connectivity index (χ1v) is 20.8. The smallest absolute Gasteiger partial charge is 0.359 e. The van der Waals surface area contributed by atoms with Crippen molar-refractivity contribution in [2.75, 3.05) is 18.5 Å². The number of halogens is 1. The number of rotatable bonds is 11. The Labute approximate surface area is 357 Å². The van der Waals surface area contributed by atoms with Crippen LogP contribution in [0, 0.1) is 28.6 Å². The maximum Gasteiger partial charge on any atom is 0.359 e. The number of aromatic nitrogens is 3. The summed E-state index contributed by atoms with van der Waals surface area (Å²) in [5.41, 5.74) is 1.56. The normalized spacial score (nSPS) is 30.4. The number of hydrogen-bond acceptors (Lipinski definition) is 12. The van der Waals surface area contributed by atoms with Gasteiger partial charge in [-0.15, -0.1) is 0 Å². The summed E-state index contributed by atoms with van der Waals surface area (Å²) in [7, 11) is 1.42. The number of nitrogens with one attached hydrogen (secondary N) is 1. The summed E-state index contributed by atoms with van der Waals surface area (Å²) in [6.07, 6.45) is 7.07. The quantitative estimate of drug-likeness (QED) is 0.146. The molecule has 0 aliphatic heterocycles. The van der Waals surface area contributed by atoms with Crippen LogP contribution in [0.3, 0.4) is 0 Å². The van der Waals surface area contributed by atoms with E-state index in [2.05, 4.69) is 15.4 Å². The van der Waals surface area contributed by atoms with Gasteiger partial charge in [0.1, 0.15) is 17.9 Å². The zero-order chi connectivity index (χ0) is 44.4. The number of alkyl halides is 1. The minimum Gasteiger partial charge on any atom is -0.456 e. The van der Waals surface area contributed by atoms with Gasteiger partial charge in [0.15, 0.2) is 23.8 Å². The number of aryl methyl sites for hydroxylation is 1. The van der Waals surface area contributed by atoms with E-state index < -0.39 is 76.2 Å². The summed E-state index contributed by atoms with van der Waals surface area (Å²) in [5.74, 6) is -5.56. The summed E-state index contributed by atoms with van der Waals surface area (Å²) < 4.78 is 29.5. The number of ether oxygens (including phenoxy) is 2. The van der Waals surface area contributed by atoms with E-state index in [1.165, 1.54) is 25.3 Å². The number of ketones is 2. The predicted molar refractivity (Wildman–Crippen MR) is 224 cm³/mol. The number of carbonyl (C=O) groups excluding carboxylic acids is 5. The molecule has 2 heterocycles. The molecule has 4 aromatic rings. The SMILES string of the molecule is C[C@H]1CC2[C@@H]3CCC4=CC(=O)C=C[C@]4(C)[C@@]3(F)[C@@H](O)C[C@]2(C)[C@@]1(O)C(=O)COC(=O)c1cc(C(=O)OCc2ccc([C@@H](CN)C(=O)Nc3ccc4cnccc4c3)cc2)nn1C. The van der Waals surface area contributed by atoms with Crippen molar-refractivity contribution in [3.63, 3.8) is 0 Å². The molecule has 3 saturated carbocycles. The highest BCUT2D eigenvalue weighted by molar-refractivity contribution is 6.01. The molecule has 62 heavy (non-hydrogen) atoms. The highest BCUT2D eigenvalue weighted by atomic mass is 19.1. The average Bonchev–Trinajstić information content (AvgIpc) is 3.74. The molecule has 8 rings (SSSR count). The number of nitrogens with zero attached hydrogens (tertiary/aromatic N) is 3. The van der Waals surface area contributed by atoms with Gasteiger partial charge < -0.3 is 30.7 Å². The molecular weight excluding hydrogens is 798 g/mol. The number of esters is 2. The monoisotopic (exact) mass is 847 g/mol. The van der Waals surface area contributed by atoms with Crippen molar-refractivity contribution in [2.24, 2.45) is 41.4 Å². The van der Waals surface area contributed by atoms with Gasteiger partial charge in [0.2, 0.25) is 11.7 Å². The fourth-order valence-corrected chi connectivity index (χ4v) is 11.1. The van der Waals surface area contributed by atoms with Crippen LogP contribution in [0.4, 0.5) is 10.1 Å². The first kappa shape index (κ1) is 42.8. The standard InChI is InChI=1S/C47H50FN5O9/c1-26-17-36-35-12-10-31-19-33(54)13-15-44(31,2)46(35,48)39(55)21-45(36,3)47(26,60)40(56)25-62-43(59)38-20-37(52-53(38)4)42(58)61-24-27-5-7-28(8-6-27)34(22-49)41(57)51-32-11-9-30-23-50-16-14-29(30)18-32/h5-9,11,13-16,18-20,23,26,34-36,39,55,60H,10,12,17,21-22,24-25,49H2,1-4H3,(H,51,57)/t26-,34+,35-,36?,39-,44-,45-,46-,47-/m0/s1. The number of nitrogens with two attached hydrogens (primary N) is 1. The second-order valence-corrected chi connectivity index (χ2v) is 17.7. The fourth-order valence-electron chi connectivity index (χ4n) is 11.1. The Morgan fingerprint density at radius 1 is 1.03 bits per heavy atom. The Morgan fingerprint density at radius 2 is 1.79 bits per heavy atom. The Balaban J connectivity index is 0.875. The molecule has 9 atom stereocenters. The van der Waals surface area contributed by atoms with Crippen molar-refractivity contribution >= 4 is 45.9 Å². The lowest BCUT2D eigenvalue weighted by Gasteiger charge is -2.62. The van der Waals surface area contributed by atoms with E-state index in [4.69, 9.17) is 15.2 Å². The number of pyridine rings is 1. The van der Waals surface area contributed by atoms with E-state index in [-0.39, 0.29) is 42.7 Å². The lowest BCUT2D eigenvalue weighted by atomic mass is 9.44. The van der Waals surface area contributed by atoms with Crippen LogP contribution in [-0.4, -0.2) is 84.9 Å². The Bertz CT molecular complexity index is 2560. The molecule has 0 saturated heterocycles. The number of amides is 1. The van der Waals surface area contributed by atoms with E-state index in [9.17, 15) is 34.2 Å². The second kappa shape index (κ2) is 15.8. The number of benzene rings is 2. The van der Waals surface area contributed by atoms with Crippen LogP contribution in [-0.2, 0) is 37.5 Å². The zero-order valence-electron chi connectivity index (χ0n) is 35.0. The van der Waals surface area contributed by atoms with E-state index in [0.717, 1.165) is 15.5 Å². The molecule has 1 unspecified atom stereocenters. The number of anilines is 1. The van der Waals surface area contributed by atoms with Gasteiger partial charge in [0.25, 0.3) is 0 Å². The number of Topliss-reactive ketones (excluding diaryl/α,β-unsaturated/α-hetero) is 1. The Kier molecular flexibility index (Phi) is 10.9. The maximum atomic E-state index is 17.5. The zero-order valence-corrected chi connectivity index (χ0v) is 35.0. The van der Waals surface area contributed by atoms with Crippen LogP contribution >= 0.6 is 0 Å². The molecule has 5 N–H and O–H groups in total. The van der Waals surface area contributed by atoms with Crippen LogP contribution < -0.4 is 11.1 Å². The minimum atomic E-state index is -2.13. The topological polar surface area (TPSA) is 213 Å². The van der Waals surface area contributed by atoms with Crippen molar-refractivity contribution in [1.29, 1.82) is 0 Å². The summed E-state index contributed by atoms with van der Waals surface area (Å²) in [4.78, 5) is 69.8. The molecule has 3 fully saturated rings. The number of hydrogen-bond donors (Lipinski definition) is 4. The van der Waals surface area contributed by atoms with E-state index in [1.807, 2.05) is 18.2 Å². The molecule has 1 amide bonds. The van der Waals surface area contributed by atoms with Gasteiger partial charge in [-0.3, -0.25) is 24.0 Å². The van der Waals surface area contributed by atoms with E-state index >= 15 is 4.39 Å². The molecule has 324 valence electrons. The van der Waals surface area contributed by atoms with Crippen molar-refractivity contribution in [2.45, 2.75) is 76.4 Å². The van der Waals surface area contributed by atoms with Crippen LogP contribution in [0.5, 0.6) is 0 Å². The first-order chi connectivity index (χ1) is 29.4. The van der Waals surface area contributed by atoms with E-state index in [1.54, 1.807) is 69.6 Å². The highest BCUT2D eigenvalue weighted by Gasteiger charge is 2.75. The third kappa shape index (κ3) is 6.77. The summed E-state index contributed by atoms with van der Waals surface area (Å²) in [6, 6.07) is 15.5. The third-order valence-corrected chi connectivity index (χ3v) is 14.5. The molecule has 4 aliphatic carbocycles. The Hall–Kier alpha value is -5.90. The van der Waals surface area contributed by atoms with Crippen molar-refractivity contribution in [3.05, 3.63) is 113 Å². The molecule has 15 heteroatoms. The Morgan fingerprint density at radius 3 is 2.53 bits per heavy atom. The van der Waals surface area contributed by atoms with Crippen LogP contribution in [0.15, 0.2) is 90.8 Å². The highest BCUT2D eigenvalue weighted by Crippen LogP contribution is 2.70. The number of fused-ring (bicyclic) bond motifs is 6.